The highest BCUT2D eigenvalue weighted by Gasteiger charge is 2.46. The molecule has 1 aromatic carbocycles. The molecule has 1 N–H and O–H groups in total. The number of hydrogen-bond donors (Lipinski definition) is 1. The topological polar surface area (TPSA) is 92.6 Å². The van der Waals surface area contributed by atoms with Crippen LogP contribution >= 0.6 is 0 Å². The lowest BCUT2D eigenvalue weighted by Gasteiger charge is -2.25. The molecule has 1 fully saturated rings. The van der Waals surface area contributed by atoms with Crippen molar-refractivity contribution in [2.75, 3.05) is 6.61 Å². The summed E-state index contributed by atoms with van der Waals surface area (Å²) in [6.45, 7) is 5.00. The van der Waals surface area contributed by atoms with Crippen molar-refractivity contribution in [1.82, 2.24) is 14.9 Å². The lowest BCUT2D eigenvalue weighted by molar-refractivity contribution is -0.140. The molecule has 7 heteroatoms. The van der Waals surface area contributed by atoms with Crippen LogP contribution in [0, 0.1) is 5.92 Å². The average Bonchev–Trinajstić information content (AvgIpc) is 3.10. The summed E-state index contributed by atoms with van der Waals surface area (Å²) in [4.78, 5) is 35.9. The van der Waals surface area contributed by atoms with Crippen molar-refractivity contribution in [3.63, 3.8) is 0 Å². The van der Waals surface area contributed by atoms with Crippen LogP contribution in [0.2, 0.25) is 0 Å². The van der Waals surface area contributed by atoms with Crippen LogP contribution in [-0.4, -0.2) is 38.3 Å². The van der Waals surface area contributed by atoms with Crippen LogP contribution < -0.4 is 4.74 Å². The monoisotopic (exact) mass is 457 g/mol. The van der Waals surface area contributed by atoms with Crippen LogP contribution in [0.1, 0.15) is 43.0 Å². The van der Waals surface area contributed by atoms with Gasteiger partial charge in [-0.2, -0.15) is 0 Å². The van der Waals surface area contributed by atoms with E-state index in [0.717, 1.165) is 12.0 Å². The first-order chi connectivity index (χ1) is 16.5. The lowest BCUT2D eigenvalue weighted by Crippen LogP contribution is -2.29. The van der Waals surface area contributed by atoms with E-state index < -0.39 is 17.7 Å². The number of ketones is 1. The molecule has 3 heterocycles. The molecule has 1 unspecified atom stereocenters. The maximum Gasteiger partial charge on any atom is 0.295 e. The van der Waals surface area contributed by atoms with E-state index in [1.54, 1.807) is 30.6 Å². The van der Waals surface area contributed by atoms with Gasteiger partial charge in [-0.3, -0.25) is 19.6 Å². The second-order valence-corrected chi connectivity index (χ2v) is 8.63. The van der Waals surface area contributed by atoms with Crippen LogP contribution in [0.25, 0.3) is 5.76 Å². The number of likely N-dealkylation sites (tertiary alicyclic amines) is 1. The molecule has 34 heavy (non-hydrogen) atoms. The van der Waals surface area contributed by atoms with Gasteiger partial charge in [0.15, 0.2) is 0 Å². The third-order valence-corrected chi connectivity index (χ3v) is 5.71. The maximum atomic E-state index is 13.2. The number of amides is 1. The summed E-state index contributed by atoms with van der Waals surface area (Å²) >= 11 is 0. The molecular formula is C27H27N3O4. The summed E-state index contributed by atoms with van der Waals surface area (Å²) in [6, 6.07) is 13.4. The Morgan fingerprint density at radius 2 is 1.85 bits per heavy atom. The van der Waals surface area contributed by atoms with Crippen molar-refractivity contribution in [2.45, 2.75) is 32.9 Å². The molecule has 1 atom stereocenters. The minimum Gasteiger partial charge on any atom is -0.507 e. The maximum absolute atomic E-state index is 13.2. The van der Waals surface area contributed by atoms with E-state index in [-0.39, 0.29) is 17.9 Å². The number of carbonyl (C=O) groups excluding carboxylic acids is 2. The van der Waals surface area contributed by atoms with E-state index in [4.69, 9.17) is 4.74 Å². The number of hydrogen-bond acceptors (Lipinski definition) is 6. The summed E-state index contributed by atoms with van der Waals surface area (Å²) in [5, 5.41) is 11.1. The van der Waals surface area contributed by atoms with E-state index >= 15 is 0 Å². The zero-order valence-corrected chi connectivity index (χ0v) is 19.2. The number of nitrogens with zero attached hydrogens (tertiary/aromatic N) is 3. The number of Topliss-reactive ketones (excluding diaryl/α,β-unsaturated/α-hetero) is 1. The number of aromatic nitrogens is 2. The van der Waals surface area contributed by atoms with Crippen LogP contribution in [0.3, 0.4) is 0 Å². The molecule has 0 radical (unpaired) electrons. The van der Waals surface area contributed by atoms with Gasteiger partial charge < -0.3 is 14.7 Å². The standard InChI is InChI=1S/C27H27N3O4/c1-18(2)10-14-34-22-7-3-6-21(15-22)24-23(25(31)20-8-12-28-13-9-20)26(32)27(33)30(24)17-19-5-4-11-29-16-19/h3-9,11-13,15-16,18,24,31H,10,14,17H2,1-2H3. The van der Waals surface area contributed by atoms with Crippen LogP contribution in [-0.2, 0) is 16.1 Å². The van der Waals surface area contributed by atoms with Crippen molar-refractivity contribution < 1.29 is 19.4 Å². The molecule has 4 rings (SSSR count). The van der Waals surface area contributed by atoms with Crippen LogP contribution in [0.5, 0.6) is 5.75 Å². The summed E-state index contributed by atoms with van der Waals surface area (Å²) in [6.07, 6.45) is 7.27. The Kier molecular flexibility index (Phi) is 7.01. The fraction of sp³-hybridized carbons (Fsp3) is 0.259. The predicted molar refractivity (Wildman–Crippen MR) is 128 cm³/mol. The molecule has 7 nitrogen and oxygen atoms in total. The van der Waals surface area contributed by atoms with Crippen LogP contribution in [0.4, 0.5) is 0 Å². The highest BCUT2D eigenvalue weighted by Crippen LogP contribution is 2.41. The number of ether oxygens (including phenoxy) is 1. The van der Waals surface area contributed by atoms with Crippen molar-refractivity contribution >= 4 is 17.4 Å². The molecule has 0 aliphatic carbocycles. The molecule has 0 bridgehead atoms. The quantitative estimate of drug-likeness (QED) is 0.304. The molecule has 1 aliphatic rings. The molecule has 1 amide bonds. The Balaban J connectivity index is 1.77. The van der Waals surface area contributed by atoms with E-state index in [1.165, 1.54) is 17.3 Å². The third-order valence-electron chi connectivity index (χ3n) is 5.71. The van der Waals surface area contributed by atoms with Gasteiger partial charge >= 0.3 is 0 Å². The molecule has 1 aliphatic heterocycles. The van der Waals surface area contributed by atoms with Gasteiger partial charge in [-0.25, -0.2) is 0 Å². The molecule has 0 spiro atoms. The Morgan fingerprint density at radius 3 is 2.56 bits per heavy atom. The fourth-order valence-corrected chi connectivity index (χ4v) is 3.93. The number of pyridine rings is 2. The minimum absolute atomic E-state index is 0.0411. The predicted octanol–water partition coefficient (Wildman–Crippen LogP) is 4.52. The van der Waals surface area contributed by atoms with Gasteiger partial charge in [-0.15, -0.1) is 0 Å². The van der Waals surface area contributed by atoms with Gasteiger partial charge in [0.25, 0.3) is 11.7 Å². The number of benzene rings is 1. The summed E-state index contributed by atoms with van der Waals surface area (Å²) in [5.41, 5.74) is 1.92. The number of rotatable bonds is 8. The number of carbonyl (C=O) groups is 2. The first kappa shape index (κ1) is 23.2. The van der Waals surface area contributed by atoms with Crippen molar-refractivity contribution in [2.24, 2.45) is 5.92 Å². The Labute approximate surface area is 198 Å². The SMILES string of the molecule is CC(C)CCOc1cccc(C2C(=C(O)c3ccncc3)C(=O)C(=O)N2Cc2cccnc2)c1. The molecule has 1 saturated heterocycles. The molecule has 3 aromatic rings. The highest BCUT2D eigenvalue weighted by atomic mass is 16.5. The zero-order chi connectivity index (χ0) is 24.1. The van der Waals surface area contributed by atoms with Gasteiger partial charge in [-0.05, 0) is 53.8 Å². The molecule has 0 saturated carbocycles. The molecule has 174 valence electrons. The smallest absolute Gasteiger partial charge is 0.295 e. The summed E-state index contributed by atoms with van der Waals surface area (Å²) < 4.78 is 5.92. The Bertz CT molecular complexity index is 1190. The second-order valence-electron chi connectivity index (χ2n) is 8.63. The second kappa shape index (κ2) is 10.3. The first-order valence-corrected chi connectivity index (χ1v) is 11.3. The average molecular weight is 458 g/mol. The Hall–Kier alpha value is -4.00. The van der Waals surface area contributed by atoms with Gasteiger partial charge in [-0.1, -0.05) is 32.0 Å². The number of aliphatic hydroxyl groups excluding tert-OH is 1. The van der Waals surface area contributed by atoms with Gasteiger partial charge in [0.2, 0.25) is 0 Å². The van der Waals surface area contributed by atoms with E-state index in [2.05, 4.69) is 23.8 Å². The largest absolute Gasteiger partial charge is 0.507 e. The van der Waals surface area contributed by atoms with E-state index in [1.807, 2.05) is 30.3 Å². The highest BCUT2D eigenvalue weighted by molar-refractivity contribution is 6.46. The minimum atomic E-state index is -0.776. The van der Waals surface area contributed by atoms with Crippen molar-refractivity contribution in [3.8, 4) is 5.75 Å². The molecule has 2 aromatic heterocycles. The van der Waals surface area contributed by atoms with Crippen LogP contribution in [0.15, 0.2) is 78.9 Å². The van der Waals surface area contributed by atoms with E-state index in [9.17, 15) is 14.7 Å². The first-order valence-electron chi connectivity index (χ1n) is 11.3. The zero-order valence-electron chi connectivity index (χ0n) is 19.2. The fourth-order valence-electron chi connectivity index (χ4n) is 3.93. The van der Waals surface area contributed by atoms with Gasteiger partial charge in [0.05, 0.1) is 18.2 Å². The third kappa shape index (κ3) is 4.98. The Morgan fingerprint density at radius 1 is 1.06 bits per heavy atom. The van der Waals surface area contributed by atoms with Gasteiger partial charge in [0, 0.05) is 36.9 Å². The lowest BCUT2D eigenvalue weighted by atomic mass is 9.95. The van der Waals surface area contributed by atoms with E-state index in [0.29, 0.717) is 29.4 Å². The molecular weight excluding hydrogens is 430 g/mol. The van der Waals surface area contributed by atoms with Crippen molar-refractivity contribution in [3.05, 3.63) is 95.6 Å². The summed E-state index contributed by atoms with van der Waals surface area (Å²) in [5.74, 6) is -0.473. The normalized spacial score (nSPS) is 17.4. The van der Waals surface area contributed by atoms with Crippen molar-refractivity contribution in [1.29, 1.82) is 0 Å². The van der Waals surface area contributed by atoms with Gasteiger partial charge in [0.1, 0.15) is 11.5 Å². The summed E-state index contributed by atoms with van der Waals surface area (Å²) in [7, 11) is 0. The number of aliphatic hydroxyl groups is 1.